The second kappa shape index (κ2) is 7.17. The van der Waals surface area contributed by atoms with E-state index >= 15 is 0 Å². The van der Waals surface area contributed by atoms with Crippen molar-refractivity contribution in [3.05, 3.63) is 53.9 Å². The SMILES string of the molecule is CCc1nc2ccc(CC(=O)Nc3cccc(NC(C)=O)c3)cc2[nH]1. The summed E-state index contributed by atoms with van der Waals surface area (Å²) in [6, 6.07) is 12.9. The zero-order valence-electron chi connectivity index (χ0n) is 14.2. The molecule has 2 aromatic carbocycles. The molecule has 25 heavy (non-hydrogen) atoms. The number of aromatic nitrogens is 2. The van der Waals surface area contributed by atoms with Gasteiger partial charge in [-0.2, -0.15) is 0 Å². The molecule has 6 nitrogen and oxygen atoms in total. The van der Waals surface area contributed by atoms with Crippen LogP contribution in [-0.4, -0.2) is 21.8 Å². The fourth-order valence-electron chi connectivity index (χ4n) is 2.66. The number of rotatable bonds is 5. The number of carbonyl (C=O) groups excluding carboxylic acids is 2. The van der Waals surface area contributed by atoms with E-state index in [4.69, 9.17) is 0 Å². The van der Waals surface area contributed by atoms with Crippen LogP contribution < -0.4 is 10.6 Å². The Labute approximate surface area is 145 Å². The third kappa shape index (κ3) is 4.23. The second-order valence-electron chi connectivity index (χ2n) is 5.88. The van der Waals surface area contributed by atoms with E-state index in [1.807, 2.05) is 25.1 Å². The zero-order valence-corrected chi connectivity index (χ0v) is 14.2. The summed E-state index contributed by atoms with van der Waals surface area (Å²) in [5.74, 6) is 0.670. The van der Waals surface area contributed by atoms with E-state index in [0.29, 0.717) is 11.4 Å². The van der Waals surface area contributed by atoms with Gasteiger partial charge in [-0.25, -0.2) is 4.98 Å². The molecule has 3 N–H and O–H groups in total. The lowest BCUT2D eigenvalue weighted by atomic mass is 10.1. The number of imidazole rings is 1. The summed E-state index contributed by atoms with van der Waals surface area (Å²) >= 11 is 0. The van der Waals surface area contributed by atoms with E-state index in [0.717, 1.165) is 28.8 Å². The highest BCUT2D eigenvalue weighted by Crippen LogP contribution is 2.17. The molecule has 0 fully saturated rings. The van der Waals surface area contributed by atoms with Crippen molar-refractivity contribution >= 4 is 34.2 Å². The van der Waals surface area contributed by atoms with Gasteiger partial charge in [-0.3, -0.25) is 9.59 Å². The molecule has 3 aromatic rings. The lowest BCUT2D eigenvalue weighted by molar-refractivity contribution is -0.115. The van der Waals surface area contributed by atoms with Gasteiger partial charge in [0.2, 0.25) is 11.8 Å². The maximum absolute atomic E-state index is 12.3. The van der Waals surface area contributed by atoms with E-state index in [1.165, 1.54) is 6.92 Å². The van der Waals surface area contributed by atoms with Gasteiger partial charge in [0.15, 0.2) is 0 Å². The summed E-state index contributed by atoms with van der Waals surface area (Å²) in [6.45, 7) is 3.49. The smallest absolute Gasteiger partial charge is 0.228 e. The van der Waals surface area contributed by atoms with Gasteiger partial charge in [0.05, 0.1) is 17.5 Å². The lowest BCUT2D eigenvalue weighted by Gasteiger charge is -2.08. The molecule has 0 spiro atoms. The number of H-pyrrole nitrogens is 1. The molecule has 128 valence electrons. The molecule has 1 heterocycles. The molecule has 0 bridgehead atoms. The van der Waals surface area contributed by atoms with Gasteiger partial charge >= 0.3 is 0 Å². The third-order valence-electron chi connectivity index (χ3n) is 3.76. The maximum Gasteiger partial charge on any atom is 0.228 e. The minimum absolute atomic E-state index is 0.116. The Morgan fingerprint density at radius 3 is 2.56 bits per heavy atom. The largest absolute Gasteiger partial charge is 0.342 e. The Morgan fingerprint density at radius 2 is 1.84 bits per heavy atom. The molecule has 0 saturated carbocycles. The molecule has 0 aliphatic carbocycles. The second-order valence-corrected chi connectivity index (χ2v) is 5.88. The first-order chi connectivity index (χ1) is 12.0. The summed E-state index contributed by atoms with van der Waals surface area (Å²) in [4.78, 5) is 31.1. The van der Waals surface area contributed by atoms with Gasteiger partial charge in [0.1, 0.15) is 5.82 Å². The molecule has 0 radical (unpaired) electrons. The van der Waals surface area contributed by atoms with E-state index < -0.39 is 0 Å². The number of hydrogen-bond donors (Lipinski definition) is 3. The van der Waals surface area contributed by atoms with Crippen LogP contribution in [0.15, 0.2) is 42.5 Å². The number of benzene rings is 2. The standard InChI is InChI=1S/C19H20N4O2/c1-3-18-22-16-8-7-13(9-17(16)23-18)10-19(25)21-15-6-4-5-14(11-15)20-12(2)24/h4-9,11H,3,10H2,1-2H3,(H,20,24)(H,21,25)(H,22,23). The average Bonchev–Trinajstić information content (AvgIpc) is 2.96. The van der Waals surface area contributed by atoms with Gasteiger partial charge in [-0.1, -0.05) is 19.1 Å². The lowest BCUT2D eigenvalue weighted by Crippen LogP contribution is -2.14. The number of hydrogen-bond acceptors (Lipinski definition) is 3. The zero-order chi connectivity index (χ0) is 17.8. The van der Waals surface area contributed by atoms with Crippen LogP contribution in [0.3, 0.4) is 0 Å². The fraction of sp³-hybridized carbons (Fsp3) is 0.211. The fourth-order valence-corrected chi connectivity index (χ4v) is 2.66. The summed E-state index contributed by atoms with van der Waals surface area (Å²) < 4.78 is 0. The number of nitrogens with one attached hydrogen (secondary N) is 3. The number of aryl methyl sites for hydroxylation is 1. The Kier molecular flexibility index (Phi) is 4.79. The third-order valence-corrected chi connectivity index (χ3v) is 3.76. The van der Waals surface area contributed by atoms with Crippen molar-refractivity contribution < 1.29 is 9.59 Å². The van der Waals surface area contributed by atoms with Crippen molar-refractivity contribution in [2.45, 2.75) is 26.7 Å². The Morgan fingerprint density at radius 1 is 1.08 bits per heavy atom. The molecule has 0 aliphatic rings. The number of anilines is 2. The Bertz CT molecular complexity index is 930. The highest BCUT2D eigenvalue weighted by Gasteiger charge is 2.08. The number of amides is 2. The van der Waals surface area contributed by atoms with Gasteiger partial charge in [-0.05, 0) is 35.9 Å². The number of fused-ring (bicyclic) bond motifs is 1. The van der Waals surface area contributed by atoms with Gasteiger partial charge in [-0.15, -0.1) is 0 Å². The van der Waals surface area contributed by atoms with E-state index in [1.54, 1.807) is 24.3 Å². The van der Waals surface area contributed by atoms with Crippen molar-refractivity contribution in [1.29, 1.82) is 0 Å². The van der Waals surface area contributed by atoms with Crippen LogP contribution in [0.4, 0.5) is 11.4 Å². The van der Waals surface area contributed by atoms with Gasteiger partial charge < -0.3 is 15.6 Å². The van der Waals surface area contributed by atoms with Crippen molar-refractivity contribution in [2.24, 2.45) is 0 Å². The van der Waals surface area contributed by atoms with E-state index in [2.05, 4.69) is 20.6 Å². The summed E-state index contributed by atoms with van der Waals surface area (Å²) in [7, 11) is 0. The van der Waals surface area contributed by atoms with Crippen molar-refractivity contribution in [3.63, 3.8) is 0 Å². The van der Waals surface area contributed by atoms with Gasteiger partial charge in [0.25, 0.3) is 0 Å². The van der Waals surface area contributed by atoms with Crippen molar-refractivity contribution in [1.82, 2.24) is 9.97 Å². The molecule has 0 aliphatic heterocycles. The molecule has 0 saturated heterocycles. The normalized spacial score (nSPS) is 10.6. The van der Waals surface area contributed by atoms with Crippen LogP contribution >= 0.6 is 0 Å². The van der Waals surface area contributed by atoms with Crippen molar-refractivity contribution in [2.75, 3.05) is 10.6 Å². The monoisotopic (exact) mass is 336 g/mol. The number of carbonyl (C=O) groups is 2. The first-order valence-corrected chi connectivity index (χ1v) is 8.18. The first-order valence-electron chi connectivity index (χ1n) is 8.18. The highest BCUT2D eigenvalue weighted by molar-refractivity contribution is 5.94. The predicted octanol–water partition coefficient (Wildman–Crippen LogP) is 3.26. The molecular weight excluding hydrogens is 316 g/mol. The molecule has 6 heteroatoms. The van der Waals surface area contributed by atoms with Crippen LogP contribution in [0.25, 0.3) is 11.0 Å². The topological polar surface area (TPSA) is 86.9 Å². The quantitative estimate of drug-likeness (QED) is 0.668. The van der Waals surface area contributed by atoms with Crippen LogP contribution in [0.1, 0.15) is 25.2 Å². The number of aromatic amines is 1. The van der Waals surface area contributed by atoms with Crippen LogP contribution in [0.2, 0.25) is 0 Å². The van der Waals surface area contributed by atoms with Crippen LogP contribution in [-0.2, 0) is 22.4 Å². The van der Waals surface area contributed by atoms with Crippen molar-refractivity contribution in [3.8, 4) is 0 Å². The molecule has 1 aromatic heterocycles. The molecule has 3 rings (SSSR count). The Balaban J connectivity index is 1.69. The van der Waals surface area contributed by atoms with E-state index in [-0.39, 0.29) is 18.2 Å². The molecule has 2 amide bonds. The highest BCUT2D eigenvalue weighted by atomic mass is 16.2. The summed E-state index contributed by atoms with van der Waals surface area (Å²) in [5, 5.41) is 5.55. The molecular formula is C19H20N4O2. The maximum atomic E-state index is 12.3. The first kappa shape index (κ1) is 16.7. The number of nitrogens with zero attached hydrogens (tertiary/aromatic N) is 1. The summed E-state index contributed by atoms with van der Waals surface area (Å²) in [6.07, 6.45) is 1.11. The minimum Gasteiger partial charge on any atom is -0.342 e. The van der Waals surface area contributed by atoms with E-state index in [9.17, 15) is 9.59 Å². The molecule has 0 atom stereocenters. The average molecular weight is 336 g/mol. The predicted molar refractivity (Wildman–Crippen MR) is 98.6 cm³/mol. The summed E-state index contributed by atoms with van der Waals surface area (Å²) in [5.41, 5.74) is 4.05. The van der Waals surface area contributed by atoms with Crippen LogP contribution in [0.5, 0.6) is 0 Å². The molecule has 0 unspecified atom stereocenters. The Hall–Kier alpha value is -3.15. The van der Waals surface area contributed by atoms with Gasteiger partial charge in [0, 0.05) is 24.7 Å². The minimum atomic E-state index is -0.150. The van der Waals surface area contributed by atoms with Crippen LogP contribution in [0, 0.1) is 0 Å².